The standard InChI is InChI=1S/C17H24N6O/c1-13-9-14(2)23(20-13)11-15-5-4-8-22(15)17(24)12-21(3)16-10-18-6-7-19-16/h6-7,9-10,15H,4-5,8,11-12H2,1-3H3. The Morgan fingerprint density at radius 1 is 1.38 bits per heavy atom. The predicted molar refractivity (Wildman–Crippen MR) is 91.7 cm³/mol. The second-order valence-electron chi connectivity index (χ2n) is 6.41. The third-order valence-electron chi connectivity index (χ3n) is 4.50. The summed E-state index contributed by atoms with van der Waals surface area (Å²) in [5.74, 6) is 0.840. The number of nitrogens with zero attached hydrogens (tertiary/aromatic N) is 6. The van der Waals surface area contributed by atoms with Crippen molar-refractivity contribution in [3.05, 3.63) is 36.0 Å². The lowest BCUT2D eigenvalue weighted by Crippen LogP contribution is -2.43. The van der Waals surface area contributed by atoms with Gasteiger partial charge in [-0.15, -0.1) is 0 Å². The van der Waals surface area contributed by atoms with E-state index in [0.717, 1.165) is 37.3 Å². The van der Waals surface area contributed by atoms with Gasteiger partial charge in [-0.3, -0.25) is 14.5 Å². The molecule has 7 heteroatoms. The Bertz CT molecular complexity index is 698. The Balaban J connectivity index is 1.64. The van der Waals surface area contributed by atoms with Crippen LogP contribution in [0.2, 0.25) is 0 Å². The number of hydrogen-bond donors (Lipinski definition) is 0. The van der Waals surface area contributed by atoms with Crippen molar-refractivity contribution in [2.45, 2.75) is 39.3 Å². The second-order valence-corrected chi connectivity index (χ2v) is 6.41. The lowest BCUT2D eigenvalue weighted by atomic mass is 10.2. The fraction of sp³-hybridized carbons (Fsp3) is 0.529. The van der Waals surface area contributed by atoms with E-state index in [-0.39, 0.29) is 11.9 Å². The summed E-state index contributed by atoms with van der Waals surface area (Å²) in [5, 5.41) is 4.53. The van der Waals surface area contributed by atoms with Gasteiger partial charge in [-0.05, 0) is 32.8 Å². The number of anilines is 1. The van der Waals surface area contributed by atoms with Gasteiger partial charge >= 0.3 is 0 Å². The highest BCUT2D eigenvalue weighted by Gasteiger charge is 2.30. The normalized spacial score (nSPS) is 17.3. The van der Waals surface area contributed by atoms with Gasteiger partial charge in [-0.1, -0.05) is 0 Å². The summed E-state index contributed by atoms with van der Waals surface area (Å²) >= 11 is 0. The predicted octanol–water partition coefficient (Wildman–Crippen LogP) is 1.42. The number of likely N-dealkylation sites (N-methyl/N-ethyl adjacent to an activating group) is 1. The van der Waals surface area contributed by atoms with Crippen LogP contribution in [0.4, 0.5) is 5.82 Å². The van der Waals surface area contributed by atoms with E-state index < -0.39 is 0 Å². The van der Waals surface area contributed by atoms with Gasteiger partial charge < -0.3 is 9.80 Å². The molecular weight excluding hydrogens is 304 g/mol. The van der Waals surface area contributed by atoms with E-state index >= 15 is 0 Å². The number of carbonyl (C=O) groups excluding carboxylic acids is 1. The molecule has 24 heavy (non-hydrogen) atoms. The molecule has 128 valence electrons. The molecule has 0 aliphatic carbocycles. The zero-order valence-corrected chi connectivity index (χ0v) is 14.5. The smallest absolute Gasteiger partial charge is 0.242 e. The first kappa shape index (κ1) is 16.4. The third-order valence-corrected chi connectivity index (χ3v) is 4.50. The summed E-state index contributed by atoms with van der Waals surface area (Å²) in [4.78, 5) is 24.8. The molecule has 2 aromatic rings. The molecule has 1 fully saturated rings. The first-order chi connectivity index (χ1) is 11.5. The number of hydrogen-bond acceptors (Lipinski definition) is 5. The van der Waals surface area contributed by atoms with E-state index in [0.29, 0.717) is 12.4 Å². The number of aryl methyl sites for hydroxylation is 2. The summed E-state index contributed by atoms with van der Waals surface area (Å²) in [6, 6.07) is 2.29. The van der Waals surface area contributed by atoms with Crippen molar-refractivity contribution in [2.75, 3.05) is 25.0 Å². The van der Waals surface area contributed by atoms with Crippen LogP contribution >= 0.6 is 0 Å². The summed E-state index contributed by atoms with van der Waals surface area (Å²) in [7, 11) is 1.87. The van der Waals surface area contributed by atoms with E-state index in [1.807, 2.05) is 28.5 Å². The van der Waals surface area contributed by atoms with E-state index in [2.05, 4.69) is 28.1 Å². The van der Waals surface area contributed by atoms with Gasteiger partial charge in [0, 0.05) is 31.7 Å². The molecule has 1 aliphatic heterocycles. The third kappa shape index (κ3) is 3.55. The van der Waals surface area contributed by atoms with Gasteiger partial charge in [0.05, 0.1) is 31.0 Å². The van der Waals surface area contributed by atoms with Crippen molar-refractivity contribution in [1.29, 1.82) is 0 Å². The molecule has 0 spiro atoms. The highest BCUT2D eigenvalue weighted by Crippen LogP contribution is 2.20. The Kier molecular flexibility index (Phi) is 4.78. The van der Waals surface area contributed by atoms with Crippen LogP contribution in [0.1, 0.15) is 24.2 Å². The minimum absolute atomic E-state index is 0.132. The molecular formula is C17H24N6O. The SMILES string of the molecule is Cc1cc(C)n(CC2CCCN2C(=O)CN(C)c2cnccn2)n1. The summed E-state index contributed by atoms with van der Waals surface area (Å²) in [6.07, 6.45) is 7.01. The minimum Gasteiger partial charge on any atom is -0.349 e. The van der Waals surface area contributed by atoms with E-state index in [4.69, 9.17) is 0 Å². The molecule has 0 aromatic carbocycles. The second kappa shape index (κ2) is 6.98. The van der Waals surface area contributed by atoms with Gasteiger partial charge in [0.2, 0.25) is 5.91 Å². The highest BCUT2D eigenvalue weighted by molar-refractivity contribution is 5.81. The summed E-state index contributed by atoms with van der Waals surface area (Å²) < 4.78 is 2.01. The van der Waals surface area contributed by atoms with Crippen LogP contribution in [0.25, 0.3) is 0 Å². The first-order valence-electron chi connectivity index (χ1n) is 8.32. The summed E-state index contributed by atoms with van der Waals surface area (Å²) in [6.45, 7) is 5.95. The molecule has 0 N–H and O–H groups in total. The Hall–Kier alpha value is -2.44. The maximum atomic E-state index is 12.7. The average molecular weight is 328 g/mol. The molecule has 1 atom stereocenters. The molecule has 7 nitrogen and oxygen atoms in total. The fourth-order valence-electron chi connectivity index (χ4n) is 3.28. The Morgan fingerprint density at radius 2 is 2.21 bits per heavy atom. The molecule has 0 radical (unpaired) electrons. The highest BCUT2D eigenvalue weighted by atomic mass is 16.2. The largest absolute Gasteiger partial charge is 0.349 e. The van der Waals surface area contributed by atoms with Crippen molar-refractivity contribution in [1.82, 2.24) is 24.6 Å². The van der Waals surface area contributed by atoms with Crippen molar-refractivity contribution in [2.24, 2.45) is 0 Å². The summed E-state index contributed by atoms with van der Waals surface area (Å²) in [5.41, 5.74) is 2.16. The zero-order chi connectivity index (χ0) is 17.1. The number of amides is 1. The topological polar surface area (TPSA) is 67.2 Å². The molecule has 1 saturated heterocycles. The molecule has 1 amide bonds. The monoisotopic (exact) mass is 328 g/mol. The van der Waals surface area contributed by atoms with Crippen LogP contribution in [0.15, 0.2) is 24.7 Å². The average Bonchev–Trinajstić information content (AvgIpc) is 3.15. The van der Waals surface area contributed by atoms with Crippen molar-refractivity contribution in [3.8, 4) is 0 Å². The van der Waals surface area contributed by atoms with Gasteiger partial charge in [-0.2, -0.15) is 5.10 Å². The van der Waals surface area contributed by atoms with Gasteiger partial charge in [0.25, 0.3) is 0 Å². The zero-order valence-electron chi connectivity index (χ0n) is 14.5. The van der Waals surface area contributed by atoms with Crippen LogP contribution in [0, 0.1) is 13.8 Å². The van der Waals surface area contributed by atoms with Crippen LogP contribution in [0.5, 0.6) is 0 Å². The van der Waals surface area contributed by atoms with Crippen LogP contribution < -0.4 is 4.90 Å². The molecule has 0 bridgehead atoms. The van der Waals surface area contributed by atoms with Crippen molar-refractivity contribution >= 4 is 11.7 Å². The van der Waals surface area contributed by atoms with Crippen LogP contribution in [-0.4, -0.2) is 56.7 Å². The van der Waals surface area contributed by atoms with Crippen LogP contribution in [0.3, 0.4) is 0 Å². The minimum atomic E-state index is 0.132. The van der Waals surface area contributed by atoms with Crippen LogP contribution in [-0.2, 0) is 11.3 Å². The Labute approximate surface area is 142 Å². The molecule has 2 aromatic heterocycles. The molecule has 3 rings (SSSR count). The molecule has 1 unspecified atom stereocenters. The van der Waals surface area contributed by atoms with E-state index in [1.54, 1.807) is 18.6 Å². The van der Waals surface area contributed by atoms with Gasteiger partial charge in [-0.25, -0.2) is 4.98 Å². The van der Waals surface area contributed by atoms with E-state index in [1.165, 1.54) is 0 Å². The molecule has 3 heterocycles. The van der Waals surface area contributed by atoms with Gasteiger partial charge in [0.1, 0.15) is 5.82 Å². The number of aromatic nitrogens is 4. The lowest BCUT2D eigenvalue weighted by molar-refractivity contribution is -0.130. The molecule has 1 aliphatic rings. The fourth-order valence-corrected chi connectivity index (χ4v) is 3.28. The molecule has 0 saturated carbocycles. The maximum Gasteiger partial charge on any atom is 0.242 e. The van der Waals surface area contributed by atoms with Crippen molar-refractivity contribution in [3.63, 3.8) is 0 Å². The maximum absolute atomic E-state index is 12.7. The first-order valence-corrected chi connectivity index (χ1v) is 8.32. The number of likely N-dealkylation sites (tertiary alicyclic amines) is 1. The van der Waals surface area contributed by atoms with Gasteiger partial charge in [0.15, 0.2) is 0 Å². The van der Waals surface area contributed by atoms with Crippen molar-refractivity contribution < 1.29 is 4.79 Å². The quantitative estimate of drug-likeness (QED) is 0.830. The lowest BCUT2D eigenvalue weighted by Gasteiger charge is -2.27. The number of rotatable bonds is 5. The number of carbonyl (C=O) groups is 1. The Morgan fingerprint density at radius 3 is 2.88 bits per heavy atom. The van der Waals surface area contributed by atoms with E-state index in [9.17, 15) is 4.79 Å².